The molecule has 0 saturated carbocycles. The molecular formula is C9H12N2O2. The van der Waals surface area contributed by atoms with Crippen molar-refractivity contribution in [2.24, 2.45) is 5.73 Å². The van der Waals surface area contributed by atoms with Crippen molar-refractivity contribution in [3.05, 3.63) is 24.3 Å². The third-order valence-electron chi connectivity index (χ3n) is 1.55. The lowest BCUT2D eigenvalue weighted by molar-refractivity contribution is -0.117. The standard InChI is InChI=1S/C9H12N2O2/c1-6(10)9(13)11-7-2-4-8(12)5-3-7/h2-6,12H,10H2,1H3,(H,11,13). The van der Waals surface area contributed by atoms with Gasteiger partial charge in [0.1, 0.15) is 5.75 Å². The highest BCUT2D eigenvalue weighted by Crippen LogP contribution is 2.13. The van der Waals surface area contributed by atoms with Gasteiger partial charge in [0.2, 0.25) is 5.91 Å². The summed E-state index contributed by atoms with van der Waals surface area (Å²) in [7, 11) is 0. The van der Waals surface area contributed by atoms with Crippen LogP contribution in [0.4, 0.5) is 5.69 Å². The van der Waals surface area contributed by atoms with Gasteiger partial charge in [0.05, 0.1) is 6.04 Å². The molecule has 1 aromatic carbocycles. The van der Waals surface area contributed by atoms with Crippen LogP contribution in [0.5, 0.6) is 5.75 Å². The molecule has 0 radical (unpaired) electrons. The number of phenolic OH excluding ortho intramolecular Hbond substituents is 1. The van der Waals surface area contributed by atoms with Gasteiger partial charge in [-0.15, -0.1) is 0 Å². The quantitative estimate of drug-likeness (QED) is 0.586. The maximum atomic E-state index is 11.1. The summed E-state index contributed by atoms with van der Waals surface area (Å²) in [5, 5.41) is 11.6. The largest absolute Gasteiger partial charge is 0.508 e. The Morgan fingerprint density at radius 1 is 1.46 bits per heavy atom. The fourth-order valence-electron chi connectivity index (χ4n) is 0.801. The molecule has 4 nitrogen and oxygen atoms in total. The third kappa shape index (κ3) is 2.76. The second kappa shape index (κ2) is 3.91. The molecule has 0 aromatic heterocycles. The molecule has 0 aliphatic carbocycles. The Hall–Kier alpha value is -1.55. The van der Waals surface area contributed by atoms with Crippen LogP contribution in [0, 0.1) is 0 Å². The normalized spacial score (nSPS) is 12.2. The van der Waals surface area contributed by atoms with Crippen LogP contribution in [0.1, 0.15) is 6.92 Å². The van der Waals surface area contributed by atoms with Crippen molar-refractivity contribution in [3.63, 3.8) is 0 Å². The molecule has 4 N–H and O–H groups in total. The van der Waals surface area contributed by atoms with Crippen LogP contribution in [-0.4, -0.2) is 17.1 Å². The van der Waals surface area contributed by atoms with Gasteiger partial charge in [-0.05, 0) is 31.2 Å². The van der Waals surface area contributed by atoms with Gasteiger partial charge in [0.25, 0.3) is 0 Å². The van der Waals surface area contributed by atoms with E-state index in [9.17, 15) is 4.79 Å². The number of carbonyl (C=O) groups is 1. The SMILES string of the molecule is CC(N)C(=O)Nc1ccc(O)cc1. The lowest BCUT2D eigenvalue weighted by Crippen LogP contribution is -2.32. The number of benzene rings is 1. The average Bonchev–Trinajstić information content (AvgIpc) is 2.08. The van der Waals surface area contributed by atoms with Crippen LogP contribution in [0.15, 0.2) is 24.3 Å². The summed E-state index contributed by atoms with van der Waals surface area (Å²) >= 11 is 0. The minimum atomic E-state index is -0.534. The Labute approximate surface area is 76.4 Å². The first-order chi connectivity index (χ1) is 6.09. The summed E-state index contributed by atoms with van der Waals surface area (Å²) in [4.78, 5) is 11.1. The molecule has 13 heavy (non-hydrogen) atoms. The number of nitrogens with two attached hydrogens (primary N) is 1. The fourth-order valence-corrected chi connectivity index (χ4v) is 0.801. The number of amides is 1. The first kappa shape index (κ1) is 9.54. The van der Waals surface area contributed by atoms with Crippen molar-refractivity contribution < 1.29 is 9.90 Å². The first-order valence-corrected chi connectivity index (χ1v) is 3.95. The molecule has 0 heterocycles. The molecule has 0 bridgehead atoms. The second-order valence-electron chi connectivity index (χ2n) is 2.82. The Morgan fingerprint density at radius 2 is 2.00 bits per heavy atom. The fraction of sp³-hybridized carbons (Fsp3) is 0.222. The number of rotatable bonds is 2. The van der Waals surface area contributed by atoms with E-state index in [-0.39, 0.29) is 11.7 Å². The van der Waals surface area contributed by atoms with Gasteiger partial charge in [-0.3, -0.25) is 4.79 Å². The van der Waals surface area contributed by atoms with E-state index in [1.165, 1.54) is 12.1 Å². The minimum absolute atomic E-state index is 0.166. The first-order valence-electron chi connectivity index (χ1n) is 3.95. The van der Waals surface area contributed by atoms with Crippen LogP contribution in [0.2, 0.25) is 0 Å². The van der Waals surface area contributed by atoms with Crippen LogP contribution >= 0.6 is 0 Å². The monoisotopic (exact) mass is 180 g/mol. The van der Waals surface area contributed by atoms with E-state index in [1.54, 1.807) is 19.1 Å². The predicted molar refractivity (Wildman–Crippen MR) is 50.4 cm³/mol. The van der Waals surface area contributed by atoms with Crippen molar-refractivity contribution in [2.45, 2.75) is 13.0 Å². The lowest BCUT2D eigenvalue weighted by atomic mass is 10.3. The van der Waals surface area contributed by atoms with Crippen molar-refractivity contribution >= 4 is 11.6 Å². The molecule has 1 aromatic rings. The topological polar surface area (TPSA) is 75.4 Å². The van der Waals surface area contributed by atoms with Gasteiger partial charge in [0.15, 0.2) is 0 Å². The number of carbonyl (C=O) groups excluding carboxylic acids is 1. The van der Waals surface area contributed by atoms with Crippen molar-refractivity contribution in [3.8, 4) is 5.75 Å². The maximum Gasteiger partial charge on any atom is 0.240 e. The molecule has 1 rings (SSSR count). The number of hydrogen-bond donors (Lipinski definition) is 3. The number of hydrogen-bond acceptors (Lipinski definition) is 3. The Morgan fingerprint density at radius 3 is 2.46 bits per heavy atom. The van der Waals surface area contributed by atoms with E-state index in [0.29, 0.717) is 5.69 Å². The van der Waals surface area contributed by atoms with Crippen LogP contribution < -0.4 is 11.1 Å². The second-order valence-corrected chi connectivity index (χ2v) is 2.82. The molecule has 0 spiro atoms. The average molecular weight is 180 g/mol. The van der Waals surface area contributed by atoms with Gasteiger partial charge in [-0.25, -0.2) is 0 Å². The van der Waals surface area contributed by atoms with Gasteiger partial charge < -0.3 is 16.2 Å². The molecular weight excluding hydrogens is 168 g/mol. The summed E-state index contributed by atoms with van der Waals surface area (Å²) < 4.78 is 0. The number of nitrogens with one attached hydrogen (secondary N) is 1. The minimum Gasteiger partial charge on any atom is -0.508 e. The molecule has 0 aliphatic rings. The summed E-state index contributed by atoms with van der Waals surface area (Å²) in [6.45, 7) is 1.61. The Balaban J connectivity index is 2.65. The third-order valence-corrected chi connectivity index (χ3v) is 1.55. The highest BCUT2D eigenvalue weighted by Gasteiger charge is 2.06. The van der Waals surface area contributed by atoms with E-state index in [1.807, 2.05) is 0 Å². The predicted octanol–water partition coefficient (Wildman–Crippen LogP) is 0.678. The van der Waals surface area contributed by atoms with Gasteiger partial charge >= 0.3 is 0 Å². The molecule has 0 saturated heterocycles. The molecule has 70 valence electrons. The highest BCUT2D eigenvalue weighted by atomic mass is 16.3. The van der Waals surface area contributed by atoms with Gasteiger partial charge in [-0.1, -0.05) is 0 Å². The zero-order valence-electron chi connectivity index (χ0n) is 7.32. The van der Waals surface area contributed by atoms with Crippen LogP contribution in [-0.2, 0) is 4.79 Å². The van der Waals surface area contributed by atoms with E-state index < -0.39 is 6.04 Å². The zero-order chi connectivity index (χ0) is 9.84. The van der Waals surface area contributed by atoms with E-state index in [2.05, 4.69) is 5.32 Å². The smallest absolute Gasteiger partial charge is 0.240 e. The molecule has 1 unspecified atom stereocenters. The van der Waals surface area contributed by atoms with Crippen LogP contribution in [0.25, 0.3) is 0 Å². The summed E-state index contributed by atoms with van der Waals surface area (Å²) in [5.41, 5.74) is 5.98. The summed E-state index contributed by atoms with van der Waals surface area (Å²) in [6, 6.07) is 5.67. The van der Waals surface area contributed by atoms with E-state index >= 15 is 0 Å². The van der Waals surface area contributed by atoms with Crippen LogP contribution in [0.3, 0.4) is 0 Å². The molecule has 1 amide bonds. The Bertz CT molecular complexity index is 293. The molecule has 0 aliphatic heterocycles. The van der Waals surface area contributed by atoms with Crippen molar-refractivity contribution in [1.82, 2.24) is 0 Å². The molecule has 4 heteroatoms. The molecule has 0 fully saturated rings. The highest BCUT2D eigenvalue weighted by molar-refractivity contribution is 5.94. The lowest BCUT2D eigenvalue weighted by Gasteiger charge is -2.06. The number of anilines is 1. The van der Waals surface area contributed by atoms with E-state index in [0.717, 1.165) is 0 Å². The van der Waals surface area contributed by atoms with Crippen molar-refractivity contribution in [2.75, 3.05) is 5.32 Å². The summed E-state index contributed by atoms with van der Waals surface area (Å²) in [6.07, 6.45) is 0. The maximum absolute atomic E-state index is 11.1. The number of aromatic hydroxyl groups is 1. The Kier molecular flexibility index (Phi) is 2.87. The molecule has 1 atom stereocenters. The summed E-state index contributed by atoms with van der Waals surface area (Å²) in [5.74, 6) is -0.0792. The zero-order valence-corrected chi connectivity index (χ0v) is 7.32. The van der Waals surface area contributed by atoms with E-state index in [4.69, 9.17) is 10.8 Å². The van der Waals surface area contributed by atoms with Gasteiger partial charge in [-0.2, -0.15) is 0 Å². The van der Waals surface area contributed by atoms with Crippen molar-refractivity contribution in [1.29, 1.82) is 0 Å². The number of phenols is 1. The van der Waals surface area contributed by atoms with Gasteiger partial charge in [0, 0.05) is 5.69 Å².